The van der Waals surface area contributed by atoms with Crippen molar-refractivity contribution in [2.24, 2.45) is 0 Å². The van der Waals surface area contributed by atoms with Gasteiger partial charge in [0, 0.05) is 6.92 Å². The monoisotopic (exact) mass is 462 g/mol. The third-order valence-corrected chi connectivity index (χ3v) is 4.58. The predicted molar refractivity (Wildman–Crippen MR) is 124 cm³/mol. The van der Waals surface area contributed by atoms with E-state index in [4.69, 9.17) is 14.6 Å². The van der Waals surface area contributed by atoms with Gasteiger partial charge in [-0.05, 0) is 24.3 Å². The van der Waals surface area contributed by atoms with Gasteiger partial charge in [-0.25, -0.2) is 14.7 Å². The average molecular weight is 462 g/mol. The van der Waals surface area contributed by atoms with E-state index in [2.05, 4.69) is 20.3 Å². The molecule has 0 fully saturated rings. The number of carbonyl (C=O) groups excluding carboxylic acids is 2. The van der Waals surface area contributed by atoms with Gasteiger partial charge in [-0.15, -0.1) is 0 Å². The van der Waals surface area contributed by atoms with Crippen molar-refractivity contribution in [3.8, 4) is 5.88 Å². The van der Waals surface area contributed by atoms with Crippen LogP contribution < -0.4 is 15.0 Å². The summed E-state index contributed by atoms with van der Waals surface area (Å²) in [6.07, 6.45) is 0.717. The normalized spacial score (nSPS) is 10.8. The Bertz CT molecular complexity index is 1240. The molecule has 34 heavy (non-hydrogen) atoms. The zero-order valence-electron chi connectivity index (χ0n) is 18.3. The van der Waals surface area contributed by atoms with Crippen molar-refractivity contribution in [3.63, 3.8) is 0 Å². The van der Waals surface area contributed by atoms with Crippen molar-refractivity contribution < 1.29 is 24.2 Å². The molecular weight excluding hydrogens is 440 g/mol. The van der Waals surface area contributed by atoms with E-state index >= 15 is 0 Å². The molecule has 0 saturated heterocycles. The molecule has 0 unspecified atom stereocenters. The number of anilines is 3. The summed E-state index contributed by atoms with van der Waals surface area (Å²) in [6.45, 7) is 1.33. The first-order valence-corrected chi connectivity index (χ1v) is 10.4. The SMILES string of the molecule is CC(=O)Nc1nc(OC(=O)N(c2ccccc2)c2ccccc2)c2ncn(COCCO)c2n1. The molecule has 2 aromatic carbocycles. The number of para-hydroxylation sites is 2. The molecule has 0 atom stereocenters. The number of aliphatic hydroxyl groups excluding tert-OH is 1. The van der Waals surface area contributed by atoms with Crippen LogP contribution in [-0.2, 0) is 16.3 Å². The van der Waals surface area contributed by atoms with E-state index in [0.717, 1.165) is 0 Å². The highest BCUT2D eigenvalue weighted by atomic mass is 16.6. The lowest BCUT2D eigenvalue weighted by Gasteiger charge is -2.22. The van der Waals surface area contributed by atoms with Crippen molar-refractivity contribution in [1.82, 2.24) is 19.5 Å². The van der Waals surface area contributed by atoms with Crippen LogP contribution in [0.5, 0.6) is 5.88 Å². The fraction of sp³-hybridized carbons (Fsp3) is 0.174. The molecule has 2 heterocycles. The maximum atomic E-state index is 13.4. The van der Waals surface area contributed by atoms with E-state index in [-0.39, 0.29) is 42.9 Å². The Labute approximate surface area is 194 Å². The number of imidazole rings is 1. The fourth-order valence-corrected chi connectivity index (χ4v) is 3.17. The molecule has 2 N–H and O–H groups in total. The van der Waals surface area contributed by atoms with E-state index < -0.39 is 12.0 Å². The van der Waals surface area contributed by atoms with Gasteiger partial charge in [0.15, 0.2) is 11.2 Å². The van der Waals surface area contributed by atoms with Gasteiger partial charge in [0.05, 0.1) is 30.9 Å². The maximum absolute atomic E-state index is 13.4. The molecule has 0 spiro atoms. The van der Waals surface area contributed by atoms with Crippen LogP contribution in [0.4, 0.5) is 22.1 Å². The number of nitrogens with one attached hydrogen (secondary N) is 1. The van der Waals surface area contributed by atoms with E-state index in [0.29, 0.717) is 11.4 Å². The Morgan fingerprint density at radius 1 is 1.03 bits per heavy atom. The number of aromatic nitrogens is 4. The van der Waals surface area contributed by atoms with Crippen LogP contribution in [-0.4, -0.2) is 49.8 Å². The molecule has 0 aliphatic carbocycles. The van der Waals surface area contributed by atoms with Crippen molar-refractivity contribution in [2.75, 3.05) is 23.4 Å². The van der Waals surface area contributed by atoms with Crippen LogP contribution >= 0.6 is 0 Å². The van der Waals surface area contributed by atoms with Gasteiger partial charge in [0.25, 0.3) is 5.88 Å². The lowest BCUT2D eigenvalue weighted by Crippen LogP contribution is -2.29. The quantitative estimate of drug-likeness (QED) is 0.382. The van der Waals surface area contributed by atoms with Crippen LogP contribution in [0.15, 0.2) is 67.0 Å². The first kappa shape index (κ1) is 22.8. The molecule has 4 rings (SSSR count). The summed E-state index contributed by atoms with van der Waals surface area (Å²) < 4.78 is 12.6. The Morgan fingerprint density at radius 3 is 2.26 bits per heavy atom. The van der Waals surface area contributed by atoms with E-state index in [1.165, 1.54) is 18.2 Å². The molecule has 4 aromatic rings. The summed E-state index contributed by atoms with van der Waals surface area (Å²) >= 11 is 0. The summed E-state index contributed by atoms with van der Waals surface area (Å²) in [5.41, 5.74) is 1.67. The second-order valence-electron chi connectivity index (χ2n) is 7.06. The van der Waals surface area contributed by atoms with Gasteiger partial charge in [-0.1, -0.05) is 36.4 Å². The number of benzene rings is 2. The van der Waals surface area contributed by atoms with Crippen LogP contribution in [0.25, 0.3) is 11.2 Å². The number of fused-ring (bicyclic) bond motifs is 1. The van der Waals surface area contributed by atoms with Gasteiger partial charge >= 0.3 is 6.09 Å². The van der Waals surface area contributed by atoms with Crippen LogP contribution in [0.1, 0.15) is 6.92 Å². The summed E-state index contributed by atoms with van der Waals surface area (Å²) in [7, 11) is 0. The summed E-state index contributed by atoms with van der Waals surface area (Å²) in [5, 5.41) is 11.4. The summed E-state index contributed by atoms with van der Waals surface area (Å²) in [4.78, 5) is 39.1. The number of rotatable bonds is 8. The highest BCUT2D eigenvalue weighted by molar-refractivity contribution is 5.98. The largest absolute Gasteiger partial charge is 0.425 e. The Hall–Kier alpha value is -4.35. The van der Waals surface area contributed by atoms with Gasteiger partial charge < -0.3 is 14.6 Å². The molecule has 0 aliphatic rings. The zero-order valence-corrected chi connectivity index (χ0v) is 18.3. The van der Waals surface area contributed by atoms with Gasteiger partial charge in [-0.2, -0.15) is 9.97 Å². The lowest BCUT2D eigenvalue weighted by molar-refractivity contribution is -0.114. The summed E-state index contributed by atoms with van der Waals surface area (Å²) in [5.74, 6) is -0.580. The minimum Gasteiger partial charge on any atom is -0.394 e. The van der Waals surface area contributed by atoms with Crippen LogP contribution in [0, 0.1) is 0 Å². The predicted octanol–water partition coefficient (Wildman–Crippen LogP) is 3.09. The van der Waals surface area contributed by atoms with Crippen molar-refractivity contribution in [2.45, 2.75) is 13.7 Å². The average Bonchev–Trinajstić information content (AvgIpc) is 3.23. The Morgan fingerprint density at radius 2 is 1.68 bits per heavy atom. The molecule has 2 amide bonds. The molecule has 0 bridgehead atoms. The highest BCUT2D eigenvalue weighted by Crippen LogP contribution is 2.29. The van der Waals surface area contributed by atoms with Gasteiger partial charge in [0.1, 0.15) is 6.73 Å². The number of ether oxygens (including phenoxy) is 2. The summed E-state index contributed by atoms with van der Waals surface area (Å²) in [6, 6.07) is 18.0. The Kier molecular flexibility index (Phi) is 7.06. The molecular formula is C23H22N6O5. The second-order valence-corrected chi connectivity index (χ2v) is 7.06. The van der Waals surface area contributed by atoms with Crippen molar-refractivity contribution in [3.05, 3.63) is 67.0 Å². The van der Waals surface area contributed by atoms with Crippen LogP contribution in [0.3, 0.4) is 0 Å². The number of hydrogen-bond donors (Lipinski definition) is 2. The minimum absolute atomic E-state index is 0.0428. The smallest absolute Gasteiger partial charge is 0.394 e. The molecule has 2 aromatic heterocycles. The first-order valence-electron chi connectivity index (χ1n) is 10.4. The van der Waals surface area contributed by atoms with Crippen molar-refractivity contribution in [1.29, 1.82) is 0 Å². The lowest BCUT2D eigenvalue weighted by atomic mass is 10.2. The number of carbonyl (C=O) groups is 2. The third-order valence-electron chi connectivity index (χ3n) is 4.58. The number of hydrogen-bond acceptors (Lipinski definition) is 8. The third kappa shape index (κ3) is 5.17. The Balaban J connectivity index is 1.72. The topological polar surface area (TPSA) is 132 Å². The minimum atomic E-state index is -0.725. The second kappa shape index (κ2) is 10.5. The molecule has 11 heteroatoms. The molecule has 0 saturated carbocycles. The van der Waals surface area contributed by atoms with Gasteiger partial charge in [0.2, 0.25) is 11.9 Å². The number of amides is 2. The molecule has 0 aliphatic heterocycles. The fourth-order valence-electron chi connectivity index (χ4n) is 3.17. The number of nitrogens with zero attached hydrogens (tertiary/aromatic N) is 5. The zero-order chi connectivity index (χ0) is 23.9. The molecule has 0 radical (unpaired) electrons. The van der Waals surface area contributed by atoms with Gasteiger partial charge in [-0.3, -0.25) is 14.7 Å². The van der Waals surface area contributed by atoms with Crippen molar-refractivity contribution >= 4 is 40.5 Å². The van der Waals surface area contributed by atoms with Crippen LogP contribution in [0.2, 0.25) is 0 Å². The first-order chi connectivity index (χ1) is 16.6. The van der Waals surface area contributed by atoms with E-state index in [1.807, 2.05) is 36.4 Å². The standard InChI is InChI=1S/C23H22N6O5/c1-16(31)25-22-26-20-19(24-14-28(20)15-33-13-12-30)21(27-22)34-23(32)29(17-8-4-2-5-9-17)18-10-6-3-7-11-18/h2-11,14,30H,12-13,15H2,1H3,(H,25,26,27,31). The van der Waals surface area contributed by atoms with E-state index in [9.17, 15) is 9.59 Å². The molecule has 11 nitrogen and oxygen atoms in total. The maximum Gasteiger partial charge on any atom is 0.425 e. The number of aliphatic hydroxyl groups is 1. The molecule has 174 valence electrons. The highest BCUT2D eigenvalue weighted by Gasteiger charge is 2.24. The van der Waals surface area contributed by atoms with E-state index in [1.54, 1.807) is 28.8 Å².